The number of amides is 1. The Hall–Kier alpha value is -1.56. The molecule has 1 rings (SSSR count). The Morgan fingerprint density at radius 3 is 2.56 bits per heavy atom. The Morgan fingerprint density at radius 2 is 2.00 bits per heavy atom. The molecule has 0 saturated heterocycles. The fourth-order valence-electron chi connectivity index (χ4n) is 1.45. The second-order valence-electron chi connectivity index (χ2n) is 3.89. The molecule has 1 aromatic rings. The van der Waals surface area contributed by atoms with Crippen LogP contribution < -0.4 is 11.1 Å². The van der Waals surface area contributed by atoms with E-state index in [-0.39, 0.29) is 12.1 Å². The Kier molecular flexibility index (Phi) is 4.72. The maximum atomic E-state index is 12.7. The standard InChI is InChI=1S/C12H15F3N2O/c1-2-10(16)11(18)17-7-8-5-3-4-6-9(8)12(13,14)15/h3-6,10H,2,7,16H2,1H3,(H,17,18). The number of halogens is 3. The van der Waals surface area contributed by atoms with Gasteiger partial charge >= 0.3 is 6.18 Å². The summed E-state index contributed by atoms with van der Waals surface area (Å²) in [5.41, 5.74) is 4.76. The molecule has 6 heteroatoms. The number of carbonyl (C=O) groups is 1. The van der Waals surface area contributed by atoms with Crippen LogP contribution in [0.5, 0.6) is 0 Å². The van der Waals surface area contributed by atoms with E-state index in [4.69, 9.17) is 5.73 Å². The summed E-state index contributed by atoms with van der Waals surface area (Å²) in [5.74, 6) is -0.450. The largest absolute Gasteiger partial charge is 0.416 e. The predicted octanol–water partition coefficient (Wildman–Crippen LogP) is 2.06. The second-order valence-corrected chi connectivity index (χ2v) is 3.89. The monoisotopic (exact) mass is 260 g/mol. The van der Waals surface area contributed by atoms with Crippen LogP contribution in [0.2, 0.25) is 0 Å². The summed E-state index contributed by atoms with van der Waals surface area (Å²) in [6, 6.07) is 4.44. The van der Waals surface area contributed by atoms with Gasteiger partial charge in [0.25, 0.3) is 0 Å². The minimum Gasteiger partial charge on any atom is -0.351 e. The highest BCUT2D eigenvalue weighted by atomic mass is 19.4. The molecule has 100 valence electrons. The zero-order chi connectivity index (χ0) is 13.8. The van der Waals surface area contributed by atoms with Gasteiger partial charge in [0.1, 0.15) is 0 Å². The zero-order valence-electron chi connectivity index (χ0n) is 9.92. The lowest BCUT2D eigenvalue weighted by molar-refractivity contribution is -0.138. The van der Waals surface area contributed by atoms with Gasteiger partial charge in [0.2, 0.25) is 5.91 Å². The number of nitrogens with one attached hydrogen (secondary N) is 1. The Bertz CT molecular complexity index is 418. The minimum atomic E-state index is -4.42. The molecular weight excluding hydrogens is 245 g/mol. The molecule has 0 aliphatic heterocycles. The first-order valence-electron chi connectivity index (χ1n) is 5.54. The van der Waals surface area contributed by atoms with Crippen molar-refractivity contribution >= 4 is 5.91 Å². The van der Waals surface area contributed by atoms with Gasteiger partial charge in [-0.05, 0) is 18.1 Å². The molecule has 0 aromatic heterocycles. The molecule has 0 aliphatic carbocycles. The van der Waals surface area contributed by atoms with Crippen LogP contribution in [0, 0.1) is 0 Å². The van der Waals surface area contributed by atoms with Crippen molar-refractivity contribution in [3.63, 3.8) is 0 Å². The van der Waals surface area contributed by atoms with Crippen LogP contribution in [0.25, 0.3) is 0 Å². The fraction of sp³-hybridized carbons (Fsp3) is 0.417. The number of alkyl halides is 3. The van der Waals surface area contributed by atoms with E-state index in [9.17, 15) is 18.0 Å². The van der Waals surface area contributed by atoms with Crippen LogP contribution in [0.15, 0.2) is 24.3 Å². The van der Waals surface area contributed by atoms with E-state index in [0.717, 1.165) is 6.07 Å². The van der Waals surface area contributed by atoms with E-state index < -0.39 is 23.7 Å². The lowest BCUT2D eigenvalue weighted by Crippen LogP contribution is -2.39. The summed E-state index contributed by atoms with van der Waals surface area (Å²) in [6.45, 7) is 1.55. The molecule has 0 heterocycles. The van der Waals surface area contributed by atoms with Crippen LogP contribution >= 0.6 is 0 Å². The Labute approximate surface area is 103 Å². The molecule has 0 spiro atoms. The average molecular weight is 260 g/mol. The van der Waals surface area contributed by atoms with E-state index >= 15 is 0 Å². The first-order chi connectivity index (χ1) is 8.36. The third-order valence-corrected chi connectivity index (χ3v) is 2.55. The maximum Gasteiger partial charge on any atom is 0.416 e. The SMILES string of the molecule is CCC(N)C(=O)NCc1ccccc1C(F)(F)F. The van der Waals surface area contributed by atoms with Crippen LogP contribution in [0.4, 0.5) is 13.2 Å². The predicted molar refractivity (Wildman–Crippen MR) is 61.6 cm³/mol. The zero-order valence-corrected chi connectivity index (χ0v) is 9.92. The van der Waals surface area contributed by atoms with Crippen LogP contribution in [0.3, 0.4) is 0 Å². The molecule has 3 N–H and O–H groups in total. The van der Waals surface area contributed by atoms with E-state index in [0.29, 0.717) is 6.42 Å². The summed E-state index contributed by atoms with van der Waals surface area (Å²) >= 11 is 0. The van der Waals surface area contributed by atoms with Crippen molar-refractivity contribution < 1.29 is 18.0 Å². The van der Waals surface area contributed by atoms with Crippen LogP contribution in [-0.4, -0.2) is 11.9 Å². The van der Waals surface area contributed by atoms with E-state index in [2.05, 4.69) is 5.32 Å². The summed E-state index contributed by atoms with van der Waals surface area (Å²) in [7, 11) is 0. The van der Waals surface area contributed by atoms with Gasteiger partial charge < -0.3 is 11.1 Å². The van der Waals surface area contributed by atoms with Crippen LogP contribution in [-0.2, 0) is 17.5 Å². The Morgan fingerprint density at radius 1 is 1.39 bits per heavy atom. The molecule has 1 aromatic carbocycles. The van der Waals surface area contributed by atoms with Crippen molar-refractivity contribution in [1.82, 2.24) is 5.32 Å². The molecule has 1 atom stereocenters. The lowest BCUT2D eigenvalue weighted by Gasteiger charge is -2.14. The average Bonchev–Trinajstić information content (AvgIpc) is 2.34. The van der Waals surface area contributed by atoms with Gasteiger partial charge in [-0.2, -0.15) is 13.2 Å². The van der Waals surface area contributed by atoms with Crippen molar-refractivity contribution in [3.8, 4) is 0 Å². The van der Waals surface area contributed by atoms with Gasteiger partial charge in [-0.3, -0.25) is 4.79 Å². The van der Waals surface area contributed by atoms with Crippen molar-refractivity contribution in [1.29, 1.82) is 0 Å². The maximum absolute atomic E-state index is 12.7. The minimum absolute atomic E-state index is 0.0293. The topological polar surface area (TPSA) is 55.1 Å². The molecule has 0 fully saturated rings. The molecule has 0 saturated carbocycles. The number of hydrogen-bond acceptors (Lipinski definition) is 2. The quantitative estimate of drug-likeness (QED) is 0.870. The molecule has 0 radical (unpaired) electrons. The highest BCUT2D eigenvalue weighted by molar-refractivity contribution is 5.81. The van der Waals surface area contributed by atoms with E-state index in [1.165, 1.54) is 18.2 Å². The number of carbonyl (C=O) groups excluding carboxylic acids is 1. The Balaban J connectivity index is 2.77. The van der Waals surface area contributed by atoms with Crippen molar-refractivity contribution in [2.24, 2.45) is 5.73 Å². The third-order valence-electron chi connectivity index (χ3n) is 2.55. The summed E-state index contributed by atoms with van der Waals surface area (Å²) in [6.07, 6.45) is -3.99. The molecule has 1 amide bonds. The van der Waals surface area contributed by atoms with E-state index in [1.54, 1.807) is 6.92 Å². The summed E-state index contributed by atoms with van der Waals surface area (Å²) in [5, 5.41) is 2.40. The van der Waals surface area contributed by atoms with Gasteiger partial charge in [0, 0.05) is 6.54 Å². The smallest absolute Gasteiger partial charge is 0.351 e. The highest BCUT2D eigenvalue weighted by Crippen LogP contribution is 2.31. The first kappa shape index (κ1) is 14.5. The second kappa shape index (κ2) is 5.86. The normalized spacial score (nSPS) is 13.2. The molecule has 18 heavy (non-hydrogen) atoms. The van der Waals surface area contributed by atoms with Crippen molar-refractivity contribution in [2.45, 2.75) is 32.1 Å². The van der Waals surface area contributed by atoms with Gasteiger partial charge in [-0.1, -0.05) is 25.1 Å². The van der Waals surface area contributed by atoms with E-state index in [1.807, 2.05) is 0 Å². The lowest BCUT2D eigenvalue weighted by atomic mass is 10.1. The van der Waals surface area contributed by atoms with Crippen molar-refractivity contribution in [2.75, 3.05) is 0 Å². The number of nitrogens with two attached hydrogens (primary N) is 1. The molecule has 1 unspecified atom stereocenters. The summed E-state index contributed by atoms with van der Waals surface area (Å²) in [4.78, 5) is 11.4. The summed E-state index contributed by atoms with van der Waals surface area (Å²) < 4.78 is 38.0. The van der Waals surface area contributed by atoms with Gasteiger partial charge in [0.05, 0.1) is 11.6 Å². The molecule has 0 bridgehead atoms. The molecular formula is C12H15F3N2O. The first-order valence-corrected chi connectivity index (χ1v) is 5.54. The third kappa shape index (κ3) is 3.73. The molecule has 3 nitrogen and oxygen atoms in total. The molecule has 0 aliphatic rings. The van der Waals surface area contributed by atoms with Gasteiger partial charge in [0.15, 0.2) is 0 Å². The highest BCUT2D eigenvalue weighted by Gasteiger charge is 2.32. The van der Waals surface area contributed by atoms with Gasteiger partial charge in [-0.25, -0.2) is 0 Å². The van der Waals surface area contributed by atoms with Crippen molar-refractivity contribution in [3.05, 3.63) is 35.4 Å². The number of benzene rings is 1. The number of rotatable bonds is 4. The van der Waals surface area contributed by atoms with Crippen LogP contribution in [0.1, 0.15) is 24.5 Å². The number of hydrogen-bond donors (Lipinski definition) is 2. The van der Waals surface area contributed by atoms with Gasteiger partial charge in [-0.15, -0.1) is 0 Å². The fourth-order valence-corrected chi connectivity index (χ4v) is 1.45.